The zero-order chi connectivity index (χ0) is 14.4. The van der Waals surface area contributed by atoms with Crippen LogP contribution in [0.3, 0.4) is 0 Å². The molecule has 0 aromatic carbocycles. The molecule has 0 aliphatic heterocycles. The van der Waals surface area contributed by atoms with Crippen molar-refractivity contribution in [3.63, 3.8) is 0 Å². The molecule has 0 saturated carbocycles. The van der Waals surface area contributed by atoms with E-state index in [2.05, 4.69) is 10.3 Å². The molecule has 2 N–H and O–H groups in total. The molecule has 1 unspecified atom stereocenters. The number of nitrogens with zero attached hydrogens (tertiary/aromatic N) is 2. The number of carboxylic acid groups (broad SMARTS) is 1. The fourth-order valence-corrected chi connectivity index (χ4v) is 2.43. The van der Waals surface area contributed by atoms with Gasteiger partial charge in [-0.15, -0.1) is 11.3 Å². The average Bonchev–Trinajstić information content (AvgIpc) is 2.84. The van der Waals surface area contributed by atoms with E-state index < -0.39 is 18.0 Å². The summed E-state index contributed by atoms with van der Waals surface area (Å²) >= 11 is 1.55. The van der Waals surface area contributed by atoms with Gasteiger partial charge in [-0.3, -0.25) is 0 Å². The number of hydrogen-bond acceptors (Lipinski definition) is 4. The largest absolute Gasteiger partial charge is 0.480 e. The Balaban J connectivity index is 2.52. The Hall–Kier alpha value is -1.63. The smallest absolute Gasteiger partial charge is 0.326 e. The number of carbonyl (C=O) groups excluding carboxylic acids is 1. The summed E-state index contributed by atoms with van der Waals surface area (Å²) in [6.45, 7) is 4.10. The molecule has 1 rings (SSSR count). The van der Waals surface area contributed by atoms with Gasteiger partial charge in [0.1, 0.15) is 11.0 Å². The first-order valence-corrected chi connectivity index (χ1v) is 6.98. The maximum atomic E-state index is 11.8. The van der Waals surface area contributed by atoms with Crippen molar-refractivity contribution in [1.82, 2.24) is 15.2 Å². The van der Waals surface area contributed by atoms with E-state index in [-0.39, 0.29) is 0 Å². The van der Waals surface area contributed by atoms with E-state index in [1.807, 2.05) is 6.92 Å². The molecular formula is C12H19N3O3S. The van der Waals surface area contributed by atoms with Crippen molar-refractivity contribution < 1.29 is 14.7 Å². The molecule has 1 heterocycles. The van der Waals surface area contributed by atoms with Crippen LogP contribution in [-0.2, 0) is 17.8 Å². The minimum absolute atomic E-state index is 0.323. The molecule has 0 fully saturated rings. The Morgan fingerprint density at radius 3 is 2.68 bits per heavy atom. The van der Waals surface area contributed by atoms with Crippen LogP contribution < -0.4 is 5.32 Å². The lowest BCUT2D eigenvalue weighted by Crippen LogP contribution is -2.46. The lowest BCUT2D eigenvalue weighted by Gasteiger charge is -2.23. The highest BCUT2D eigenvalue weighted by atomic mass is 32.1. The molecule has 0 saturated heterocycles. The van der Waals surface area contributed by atoms with Gasteiger partial charge in [0, 0.05) is 18.1 Å². The Kier molecular flexibility index (Phi) is 5.75. The number of aryl methyl sites for hydroxylation is 1. The molecule has 7 heteroatoms. The van der Waals surface area contributed by atoms with Crippen LogP contribution in [0.15, 0.2) is 6.20 Å². The van der Waals surface area contributed by atoms with E-state index in [1.54, 1.807) is 24.5 Å². The van der Waals surface area contributed by atoms with Crippen molar-refractivity contribution in [2.24, 2.45) is 0 Å². The van der Waals surface area contributed by atoms with Crippen LogP contribution >= 0.6 is 11.3 Å². The molecule has 1 atom stereocenters. The van der Waals surface area contributed by atoms with E-state index in [1.165, 1.54) is 11.9 Å². The third-order valence-electron chi connectivity index (χ3n) is 2.80. The highest BCUT2D eigenvalue weighted by Gasteiger charge is 2.24. The lowest BCUT2D eigenvalue weighted by atomic mass is 10.2. The summed E-state index contributed by atoms with van der Waals surface area (Å²) < 4.78 is 0. The maximum absolute atomic E-state index is 11.8. The van der Waals surface area contributed by atoms with Gasteiger partial charge in [0.05, 0.1) is 6.54 Å². The monoisotopic (exact) mass is 285 g/mol. The van der Waals surface area contributed by atoms with Gasteiger partial charge in [0.2, 0.25) is 0 Å². The van der Waals surface area contributed by atoms with Crippen LogP contribution in [0.5, 0.6) is 0 Å². The molecule has 2 amide bonds. The Labute approximate surface area is 116 Å². The van der Waals surface area contributed by atoms with Crippen LogP contribution in [0.25, 0.3) is 0 Å². The summed E-state index contributed by atoms with van der Waals surface area (Å²) in [7, 11) is 1.48. The zero-order valence-corrected chi connectivity index (χ0v) is 12.2. The molecule has 0 aliphatic carbocycles. The summed E-state index contributed by atoms with van der Waals surface area (Å²) in [6.07, 6.45) is 3.08. The van der Waals surface area contributed by atoms with E-state index >= 15 is 0 Å². The number of aromatic nitrogens is 1. The fraction of sp³-hybridized carbons (Fsp3) is 0.583. The molecule has 0 spiro atoms. The van der Waals surface area contributed by atoms with Crippen LogP contribution in [0.4, 0.5) is 4.79 Å². The van der Waals surface area contributed by atoms with Crippen molar-refractivity contribution in [1.29, 1.82) is 0 Å². The standard InChI is InChI=1S/C12H19N3O3S/c1-4-8-6-13-10(19-8)7-14-12(18)15(3)9(5-2)11(16)17/h6,9H,4-5,7H2,1-3H3,(H,14,18)(H,16,17). The first kappa shape index (κ1) is 15.4. The van der Waals surface area contributed by atoms with E-state index in [0.717, 1.165) is 16.3 Å². The van der Waals surface area contributed by atoms with Crippen molar-refractivity contribution in [3.8, 4) is 0 Å². The second kappa shape index (κ2) is 7.08. The number of aliphatic carboxylic acids is 1. The van der Waals surface area contributed by atoms with Gasteiger partial charge in [0.25, 0.3) is 0 Å². The van der Waals surface area contributed by atoms with Gasteiger partial charge in [-0.25, -0.2) is 14.6 Å². The zero-order valence-electron chi connectivity index (χ0n) is 11.3. The first-order valence-electron chi connectivity index (χ1n) is 6.16. The van der Waals surface area contributed by atoms with Crippen LogP contribution in [0, 0.1) is 0 Å². The predicted octanol–water partition coefficient (Wildman–Crippen LogP) is 1.71. The van der Waals surface area contributed by atoms with Crippen LogP contribution in [-0.4, -0.2) is 40.1 Å². The first-order chi connectivity index (χ1) is 8.99. The summed E-state index contributed by atoms with van der Waals surface area (Å²) in [5, 5.41) is 12.5. The van der Waals surface area contributed by atoms with Gasteiger partial charge in [0.15, 0.2) is 0 Å². The fourth-order valence-electron chi connectivity index (χ4n) is 1.62. The highest BCUT2D eigenvalue weighted by molar-refractivity contribution is 7.11. The summed E-state index contributed by atoms with van der Waals surface area (Å²) in [4.78, 5) is 29.3. The highest BCUT2D eigenvalue weighted by Crippen LogP contribution is 2.13. The topological polar surface area (TPSA) is 82.5 Å². The van der Waals surface area contributed by atoms with Gasteiger partial charge in [-0.05, 0) is 12.8 Å². The number of amides is 2. The van der Waals surface area contributed by atoms with E-state index in [4.69, 9.17) is 5.11 Å². The number of carbonyl (C=O) groups is 2. The van der Waals surface area contributed by atoms with Crippen molar-refractivity contribution in [3.05, 3.63) is 16.1 Å². The second-order valence-electron chi connectivity index (χ2n) is 4.11. The van der Waals surface area contributed by atoms with Gasteiger partial charge < -0.3 is 15.3 Å². The van der Waals surface area contributed by atoms with Crippen molar-refractivity contribution in [2.45, 2.75) is 39.3 Å². The Morgan fingerprint density at radius 1 is 1.53 bits per heavy atom. The molecular weight excluding hydrogens is 266 g/mol. The number of thiazole rings is 1. The molecule has 0 aliphatic rings. The number of nitrogens with one attached hydrogen (secondary N) is 1. The van der Waals surface area contributed by atoms with Crippen LogP contribution in [0.2, 0.25) is 0 Å². The quantitative estimate of drug-likeness (QED) is 0.833. The molecule has 106 valence electrons. The second-order valence-corrected chi connectivity index (χ2v) is 5.31. The normalized spacial score (nSPS) is 11.9. The summed E-state index contributed by atoms with van der Waals surface area (Å²) in [6, 6.07) is -1.20. The van der Waals surface area contributed by atoms with Crippen molar-refractivity contribution >= 4 is 23.3 Å². The number of urea groups is 1. The molecule has 0 bridgehead atoms. The van der Waals surface area contributed by atoms with Crippen LogP contribution in [0.1, 0.15) is 30.2 Å². The summed E-state index contributed by atoms with van der Waals surface area (Å²) in [5.41, 5.74) is 0. The number of rotatable bonds is 6. The van der Waals surface area contributed by atoms with Gasteiger partial charge in [-0.1, -0.05) is 13.8 Å². The molecule has 6 nitrogen and oxygen atoms in total. The minimum Gasteiger partial charge on any atom is -0.480 e. The summed E-state index contributed by atoms with van der Waals surface area (Å²) in [5.74, 6) is -0.998. The predicted molar refractivity (Wildman–Crippen MR) is 73.2 cm³/mol. The van der Waals surface area contributed by atoms with Gasteiger partial charge >= 0.3 is 12.0 Å². The Morgan fingerprint density at radius 2 is 2.21 bits per heavy atom. The molecule has 19 heavy (non-hydrogen) atoms. The SMILES string of the molecule is CCc1cnc(CNC(=O)N(C)C(CC)C(=O)O)s1. The lowest BCUT2D eigenvalue weighted by molar-refractivity contribution is -0.141. The minimum atomic E-state index is -0.998. The number of carboxylic acids is 1. The molecule has 1 aromatic rings. The van der Waals surface area contributed by atoms with E-state index in [9.17, 15) is 9.59 Å². The number of hydrogen-bond donors (Lipinski definition) is 2. The third kappa shape index (κ3) is 4.20. The average molecular weight is 285 g/mol. The number of likely N-dealkylation sites (N-methyl/N-ethyl adjacent to an activating group) is 1. The Bertz CT molecular complexity index is 447. The molecule has 1 aromatic heterocycles. The molecule has 0 radical (unpaired) electrons. The van der Waals surface area contributed by atoms with Gasteiger partial charge in [-0.2, -0.15) is 0 Å². The maximum Gasteiger partial charge on any atom is 0.326 e. The van der Waals surface area contributed by atoms with E-state index in [0.29, 0.717) is 13.0 Å². The van der Waals surface area contributed by atoms with Crippen molar-refractivity contribution in [2.75, 3.05) is 7.05 Å². The third-order valence-corrected chi connectivity index (χ3v) is 3.94.